The molecule has 2 fully saturated rings. The molecule has 1 N–H and O–H groups in total. The summed E-state index contributed by atoms with van der Waals surface area (Å²) in [5.74, 6) is 0.459. The summed E-state index contributed by atoms with van der Waals surface area (Å²) in [6.45, 7) is 3.01. The zero-order chi connectivity index (χ0) is 19.2. The van der Waals surface area contributed by atoms with Crippen LogP contribution in [0.2, 0.25) is 0 Å². The molecule has 1 aromatic rings. The number of hydrogen-bond acceptors (Lipinski definition) is 3. The molecular weight excluding hydrogens is 336 g/mol. The average molecular weight is 373 g/mol. The molecule has 0 bridgehead atoms. The number of carbonyl (C=O) groups excluding carboxylic acids is 1. The van der Waals surface area contributed by atoms with Gasteiger partial charge in [0.1, 0.15) is 11.4 Å². The minimum Gasteiger partial charge on any atom is -0.508 e. The number of phenolic OH excluding ortho intramolecular Hbond substituents is 1. The average Bonchev–Trinajstić information content (AvgIpc) is 3.56. The Balaban J connectivity index is 1.29. The summed E-state index contributed by atoms with van der Waals surface area (Å²) in [4.78, 5) is 10.5. The van der Waals surface area contributed by atoms with Gasteiger partial charge in [-0.1, -0.05) is 38.3 Å². The lowest BCUT2D eigenvalue weighted by Crippen LogP contribution is -2.12. The first-order chi connectivity index (χ1) is 13.0. The maximum Gasteiger partial charge on any atom is 0.293 e. The molecule has 0 amide bonds. The molecule has 0 aromatic heterocycles. The summed E-state index contributed by atoms with van der Waals surface area (Å²) >= 11 is 0. The highest BCUT2D eigenvalue weighted by molar-refractivity contribution is 5.39. The minimum absolute atomic E-state index is 0.135. The second-order valence-corrected chi connectivity index (χ2v) is 9.29. The Kier molecular flexibility index (Phi) is 6.83. The van der Waals surface area contributed by atoms with Crippen molar-refractivity contribution in [2.24, 2.45) is 5.41 Å². The van der Waals surface area contributed by atoms with Crippen molar-refractivity contribution in [1.29, 1.82) is 0 Å². The molecular formula is C24H36O3. The van der Waals surface area contributed by atoms with Crippen molar-refractivity contribution < 1.29 is 14.6 Å². The highest BCUT2D eigenvalue weighted by Gasteiger charge is 2.44. The standard InChI is InChI=1S/C24H36O3/c1-23(14-15-23)12-6-3-2-4-9-21-11-10-20(18-22(21)26)8-5-7-13-24(16-17-24)27-19-25/h10-11,18-19,26H,2-9,12-17H2,1H3. The molecule has 0 atom stereocenters. The Hall–Kier alpha value is -1.51. The first-order valence-electron chi connectivity index (χ1n) is 11.0. The molecule has 1 aromatic carbocycles. The molecule has 0 spiro atoms. The van der Waals surface area contributed by atoms with Crippen molar-refractivity contribution in [2.45, 2.75) is 102 Å². The van der Waals surface area contributed by atoms with Crippen LogP contribution in [0.4, 0.5) is 0 Å². The number of carbonyl (C=O) groups is 1. The SMILES string of the molecule is CC1(CCCCCCc2ccc(CCCCC3(OC=O)CC3)cc2O)CC1. The summed E-state index contributed by atoms with van der Waals surface area (Å²) < 4.78 is 5.19. The third-order valence-corrected chi connectivity index (χ3v) is 6.68. The maximum absolute atomic E-state index is 10.5. The number of unbranched alkanes of at least 4 members (excludes halogenated alkanes) is 4. The summed E-state index contributed by atoms with van der Waals surface area (Å²) in [7, 11) is 0. The lowest BCUT2D eigenvalue weighted by atomic mass is 9.98. The highest BCUT2D eigenvalue weighted by Crippen LogP contribution is 2.49. The van der Waals surface area contributed by atoms with Gasteiger partial charge < -0.3 is 9.84 Å². The van der Waals surface area contributed by atoms with Crippen molar-refractivity contribution in [2.75, 3.05) is 0 Å². The van der Waals surface area contributed by atoms with Gasteiger partial charge in [-0.3, -0.25) is 4.79 Å². The van der Waals surface area contributed by atoms with Crippen LogP contribution in [0, 0.1) is 5.41 Å². The maximum atomic E-state index is 10.5. The Bertz CT molecular complexity index is 614. The zero-order valence-corrected chi connectivity index (χ0v) is 17.0. The Morgan fingerprint density at radius 2 is 1.67 bits per heavy atom. The van der Waals surface area contributed by atoms with E-state index in [2.05, 4.69) is 19.1 Å². The van der Waals surface area contributed by atoms with Crippen molar-refractivity contribution in [3.63, 3.8) is 0 Å². The molecule has 0 saturated heterocycles. The van der Waals surface area contributed by atoms with Crippen LogP contribution in [-0.4, -0.2) is 17.2 Å². The van der Waals surface area contributed by atoms with Gasteiger partial charge in [0, 0.05) is 0 Å². The Morgan fingerprint density at radius 3 is 2.33 bits per heavy atom. The quantitative estimate of drug-likeness (QED) is 0.317. The lowest BCUT2D eigenvalue weighted by Gasteiger charge is -2.12. The van der Waals surface area contributed by atoms with Gasteiger partial charge in [0.05, 0.1) is 0 Å². The Morgan fingerprint density at radius 1 is 0.963 bits per heavy atom. The van der Waals surface area contributed by atoms with E-state index < -0.39 is 0 Å². The van der Waals surface area contributed by atoms with Crippen LogP contribution in [0.5, 0.6) is 5.75 Å². The highest BCUT2D eigenvalue weighted by atomic mass is 16.5. The van der Waals surface area contributed by atoms with E-state index in [-0.39, 0.29) is 5.60 Å². The van der Waals surface area contributed by atoms with E-state index in [4.69, 9.17) is 4.74 Å². The molecule has 3 heteroatoms. The Labute approximate surface area is 164 Å². The van der Waals surface area contributed by atoms with Gasteiger partial charge >= 0.3 is 0 Å². The van der Waals surface area contributed by atoms with E-state index in [0.29, 0.717) is 17.6 Å². The van der Waals surface area contributed by atoms with Gasteiger partial charge in [-0.15, -0.1) is 0 Å². The molecule has 3 nitrogen and oxygen atoms in total. The molecule has 0 heterocycles. The van der Waals surface area contributed by atoms with Crippen LogP contribution in [0.25, 0.3) is 0 Å². The van der Waals surface area contributed by atoms with Crippen LogP contribution in [0.15, 0.2) is 18.2 Å². The zero-order valence-electron chi connectivity index (χ0n) is 17.0. The number of benzene rings is 1. The van der Waals surface area contributed by atoms with Gasteiger partial charge in [0.15, 0.2) is 0 Å². The first-order valence-corrected chi connectivity index (χ1v) is 11.0. The predicted octanol–water partition coefficient (Wildman–Crippen LogP) is 6.10. The fourth-order valence-electron chi connectivity index (χ4n) is 4.11. The second kappa shape index (κ2) is 9.12. The number of aryl methyl sites for hydroxylation is 2. The fraction of sp³-hybridized carbons (Fsp3) is 0.708. The van der Waals surface area contributed by atoms with E-state index in [1.54, 1.807) is 0 Å². The van der Waals surface area contributed by atoms with Crippen molar-refractivity contribution in [3.8, 4) is 5.75 Å². The monoisotopic (exact) mass is 372 g/mol. The molecule has 0 aliphatic heterocycles. The summed E-state index contributed by atoms with van der Waals surface area (Å²) in [6.07, 6.45) is 16.5. The normalized spacial score (nSPS) is 18.9. The van der Waals surface area contributed by atoms with Crippen LogP contribution in [0.3, 0.4) is 0 Å². The van der Waals surface area contributed by atoms with Crippen LogP contribution >= 0.6 is 0 Å². The molecule has 150 valence electrons. The molecule has 2 saturated carbocycles. The van der Waals surface area contributed by atoms with Crippen LogP contribution in [0.1, 0.15) is 95.1 Å². The van der Waals surface area contributed by atoms with Crippen LogP contribution < -0.4 is 0 Å². The van der Waals surface area contributed by atoms with E-state index >= 15 is 0 Å². The second-order valence-electron chi connectivity index (χ2n) is 9.29. The van der Waals surface area contributed by atoms with E-state index in [9.17, 15) is 9.90 Å². The predicted molar refractivity (Wildman–Crippen MR) is 109 cm³/mol. The topological polar surface area (TPSA) is 46.5 Å². The van der Waals surface area contributed by atoms with Gasteiger partial charge in [-0.25, -0.2) is 0 Å². The van der Waals surface area contributed by atoms with Gasteiger partial charge in [0.2, 0.25) is 0 Å². The van der Waals surface area contributed by atoms with Gasteiger partial charge in [-0.2, -0.15) is 0 Å². The molecule has 2 aliphatic carbocycles. The van der Waals surface area contributed by atoms with Crippen LogP contribution in [-0.2, 0) is 22.4 Å². The summed E-state index contributed by atoms with van der Waals surface area (Å²) in [6, 6.07) is 6.21. The van der Waals surface area contributed by atoms with Gasteiger partial charge in [-0.05, 0) is 93.2 Å². The number of rotatable bonds is 14. The van der Waals surface area contributed by atoms with E-state index in [1.165, 1.54) is 50.5 Å². The molecule has 0 radical (unpaired) electrons. The minimum atomic E-state index is -0.135. The van der Waals surface area contributed by atoms with Crippen molar-refractivity contribution in [1.82, 2.24) is 0 Å². The largest absolute Gasteiger partial charge is 0.508 e. The lowest BCUT2D eigenvalue weighted by molar-refractivity contribution is -0.135. The summed E-state index contributed by atoms with van der Waals surface area (Å²) in [5, 5.41) is 10.3. The van der Waals surface area contributed by atoms with Crippen molar-refractivity contribution in [3.05, 3.63) is 29.3 Å². The molecule has 2 aliphatic rings. The number of aromatic hydroxyl groups is 1. The molecule has 3 rings (SSSR count). The third kappa shape index (κ3) is 6.55. The molecule has 0 unspecified atom stereocenters. The van der Waals surface area contributed by atoms with E-state index in [0.717, 1.165) is 50.5 Å². The number of phenols is 1. The number of ether oxygens (including phenoxy) is 1. The van der Waals surface area contributed by atoms with E-state index in [1.807, 2.05) is 6.07 Å². The third-order valence-electron chi connectivity index (χ3n) is 6.68. The smallest absolute Gasteiger partial charge is 0.293 e. The fourth-order valence-corrected chi connectivity index (χ4v) is 4.11. The van der Waals surface area contributed by atoms with Gasteiger partial charge in [0.25, 0.3) is 6.47 Å². The first kappa shape index (κ1) is 20.2. The summed E-state index contributed by atoms with van der Waals surface area (Å²) in [5.41, 5.74) is 2.85. The molecule has 27 heavy (non-hydrogen) atoms. The van der Waals surface area contributed by atoms with Crippen molar-refractivity contribution >= 4 is 6.47 Å². The number of hydrogen-bond donors (Lipinski definition) is 1.